The van der Waals surface area contributed by atoms with Gasteiger partial charge in [0.1, 0.15) is 0 Å². The Bertz CT molecular complexity index is 455. The Morgan fingerprint density at radius 3 is 2.68 bits per heavy atom. The monoisotopic (exact) mass is 304 g/mol. The van der Waals surface area contributed by atoms with E-state index in [0.29, 0.717) is 18.4 Å². The van der Waals surface area contributed by atoms with Crippen LogP contribution < -0.4 is 11.2 Å². The van der Waals surface area contributed by atoms with Crippen molar-refractivity contribution in [1.29, 1.82) is 0 Å². The van der Waals surface area contributed by atoms with Gasteiger partial charge in [0.15, 0.2) is 0 Å². The van der Waals surface area contributed by atoms with Crippen LogP contribution in [0.3, 0.4) is 0 Å². The molecule has 0 saturated carbocycles. The number of rotatable bonds is 6. The Kier molecular flexibility index (Phi) is 6.68. The number of hydrogen-bond acceptors (Lipinski definition) is 5. The zero-order valence-corrected chi connectivity index (χ0v) is 13.7. The number of hydrazone groups is 1. The summed E-state index contributed by atoms with van der Waals surface area (Å²) in [7, 11) is 2.17. The number of nitrogens with one attached hydrogen (secondary N) is 1. The summed E-state index contributed by atoms with van der Waals surface area (Å²) < 4.78 is 5.98. The van der Waals surface area contributed by atoms with Gasteiger partial charge in [-0.25, -0.2) is 0 Å². The second kappa shape index (κ2) is 8.76. The molecule has 0 radical (unpaired) electrons. The Balaban J connectivity index is 1.88. The number of ether oxygens (including phenoxy) is 1. The molecule has 1 unspecified atom stereocenters. The average Bonchev–Trinajstić information content (AvgIpc) is 2.57. The van der Waals surface area contributed by atoms with Crippen molar-refractivity contribution >= 4 is 11.6 Å². The van der Waals surface area contributed by atoms with Crippen LogP contribution in [0.25, 0.3) is 0 Å². The lowest BCUT2D eigenvalue weighted by atomic mass is 9.98. The van der Waals surface area contributed by atoms with E-state index in [0.717, 1.165) is 25.4 Å². The lowest BCUT2D eigenvalue weighted by Crippen LogP contribution is -2.33. The van der Waals surface area contributed by atoms with Gasteiger partial charge >= 0.3 is 0 Å². The van der Waals surface area contributed by atoms with Crippen molar-refractivity contribution in [1.82, 2.24) is 4.90 Å². The molecule has 1 aliphatic heterocycles. The first-order valence-corrected chi connectivity index (χ1v) is 8.09. The summed E-state index contributed by atoms with van der Waals surface area (Å²) >= 11 is 0. The van der Waals surface area contributed by atoms with E-state index in [2.05, 4.69) is 22.5 Å². The molecule has 5 nitrogen and oxygen atoms in total. The fraction of sp³-hybridized carbons (Fsp3) is 0.588. The third-order valence-corrected chi connectivity index (χ3v) is 4.15. The van der Waals surface area contributed by atoms with Gasteiger partial charge in [-0.3, -0.25) is 5.43 Å². The second-order valence-corrected chi connectivity index (χ2v) is 6.12. The molecule has 122 valence electrons. The first kappa shape index (κ1) is 16.8. The van der Waals surface area contributed by atoms with Gasteiger partial charge in [-0.15, -0.1) is 5.10 Å². The van der Waals surface area contributed by atoms with Crippen molar-refractivity contribution < 1.29 is 4.74 Å². The van der Waals surface area contributed by atoms with Gasteiger partial charge in [0, 0.05) is 12.5 Å². The molecular weight excluding hydrogens is 276 g/mol. The van der Waals surface area contributed by atoms with Crippen LogP contribution in [0.5, 0.6) is 0 Å². The molecule has 2 rings (SSSR count). The standard InChI is InChI=1S/C17H28N4O/c1-14(12-18)17(20-19-16-6-4-3-5-7-16)22-13-15-8-10-21(2)11-9-15/h3-7,14-15,19H,8-13,18H2,1-2H3/b20-17+. The zero-order chi connectivity index (χ0) is 15.8. The summed E-state index contributed by atoms with van der Waals surface area (Å²) in [5, 5.41) is 4.42. The third kappa shape index (κ3) is 5.31. The van der Waals surface area contributed by atoms with Crippen LogP contribution in [0.2, 0.25) is 0 Å². The third-order valence-electron chi connectivity index (χ3n) is 4.15. The molecule has 1 aliphatic rings. The summed E-state index contributed by atoms with van der Waals surface area (Å²) in [4.78, 5) is 2.37. The summed E-state index contributed by atoms with van der Waals surface area (Å²) in [6.45, 7) is 5.60. The first-order chi connectivity index (χ1) is 10.7. The van der Waals surface area contributed by atoms with Crippen molar-refractivity contribution in [3.05, 3.63) is 30.3 Å². The van der Waals surface area contributed by atoms with Crippen LogP contribution in [0.1, 0.15) is 19.8 Å². The zero-order valence-electron chi connectivity index (χ0n) is 13.7. The van der Waals surface area contributed by atoms with Crippen molar-refractivity contribution in [2.45, 2.75) is 19.8 Å². The molecule has 5 heteroatoms. The molecule has 0 aliphatic carbocycles. The largest absolute Gasteiger partial charge is 0.479 e. The molecule has 0 amide bonds. The summed E-state index contributed by atoms with van der Waals surface area (Å²) in [5.74, 6) is 1.43. The summed E-state index contributed by atoms with van der Waals surface area (Å²) in [6, 6.07) is 9.89. The van der Waals surface area contributed by atoms with Crippen molar-refractivity contribution in [3.63, 3.8) is 0 Å². The number of piperidine rings is 1. The van der Waals surface area contributed by atoms with E-state index in [9.17, 15) is 0 Å². The van der Waals surface area contributed by atoms with Crippen LogP contribution >= 0.6 is 0 Å². The maximum atomic E-state index is 5.98. The molecule has 1 heterocycles. The highest BCUT2D eigenvalue weighted by atomic mass is 16.5. The highest BCUT2D eigenvalue weighted by molar-refractivity contribution is 5.79. The number of benzene rings is 1. The topological polar surface area (TPSA) is 62.9 Å². The number of anilines is 1. The predicted molar refractivity (Wildman–Crippen MR) is 91.9 cm³/mol. The van der Waals surface area contributed by atoms with Crippen LogP contribution in [-0.2, 0) is 4.74 Å². The van der Waals surface area contributed by atoms with Gasteiger partial charge in [-0.1, -0.05) is 25.1 Å². The molecule has 22 heavy (non-hydrogen) atoms. The van der Waals surface area contributed by atoms with Crippen LogP contribution in [-0.4, -0.2) is 44.1 Å². The highest BCUT2D eigenvalue weighted by Crippen LogP contribution is 2.17. The van der Waals surface area contributed by atoms with Crippen LogP contribution in [0.15, 0.2) is 35.4 Å². The minimum atomic E-state index is 0.113. The SMILES string of the molecule is CC(CN)/C(=N\Nc1ccccc1)OCC1CCN(C)CC1. The second-order valence-electron chi connectivity index (χ2n) is 6.12. The number of para-hydroxylation sites is 1. The molecule has 1 saturated heterocycles. The van der Waals surface area contributed by atoms with E-state index in [1.165, 1.54) is 12.8 Å². The van der Waals surface area contributed by atoms with E-state index in [4.69, 9.17) is 10.5 Å². The van der Waals surface area contributed by atoms with Crippen LogP contribution in [0.4, 0.5) is 5.69 Å². The van der Waals surface area contributed by atoms with E-state index in [1.807, 2.05) is 37.3 Å². The van der Waals surface area contributed by atoms with Gasteiger partial charge < -0.3 is 15.4 Å². The number of nitrogens with two attached hydrogens (primary N) is 1. The smallest absolute Gasteiger partial charge is 0.210 e. The van der Waals surface area contributed by atoms with Crippen molar-refractivity contribution in [3.8, 4) is 0 Å². The van der Waals surface area contributed by atoms with E-state index < -0.39 is 0 Å². The summed E-state index contributed by atoms with van der Waals surface area (Å²) in [5.41, 5.74) is 9.78. The lowest BCUT2D eigenvalue weighted by molar-refractivity contribution is 0.149. The molecule has 0 bridgehead atoms. The molecule has 1 aromatic rings. The summed E-state index contributed by atoms with van der Waals surface area (Å²) in [6.07, 6.45) is 2.37. The lowest BCUT2D eigenvalue weighted by Gasteiger charge is -2.29. The van der Waals surface area contributed by atoms with Gasteiger partial charge in [-0.05, 0) is 51.0 Å². The van der Waals surface area contributed by atoms with Crippen molar-refractivity contribution in [2.75, 3.05) is 38.7 Å². The van der Waals surface area contributed by atoms with Gasteiger partial charge in [-0.2, -0.15) is 0 Å². The van der Waals surface area contributed by atoms with Gasteiger partial charge in [0.2, 0.25) is 5.90 Å². The molecule has 1 atom stereocenters. The minimum Gasteiger partial charge on any atom is -0.479 e. The van der Waals surface area contributed by atoms with Gasteiger partial charge in [0.05, 0.1) is 12.3 Å². The average molecular weight is 304 g/mol. The predicted octanol–water partition coefficient (Wildman–Crippen LogP) is 2.37. The Morgan fingerprint density at radius 1 is 1.36 bits per heavy atom. The highest BCUT2D eigenvalue weighted by Gasteiger charge is 2.19. The fourth-order valence-electron chi connectivity index (χ4n) is 2.45. The Morgan fingerprint density at radius 2 is 2.05 bits per heavy atom. The van der Waals surface area contributed by atoms with E-state index >= 15 is 0 Å². The number of nitrogens with zero attached hydrogens (tertiary/aromatic N) is 2. The maximum Gasteiger partial charge on any atom is 0.210 e. The molecule has 1 fully saturated rings. The molecular formula is C17H28N4O. The molecule has 0 aromatic heterocycles. The number of likely N-dealkylation sites (tertiary alicyclic amines) is 1. The molecule has 0 spiro atoms. The van der Waals surface area contributed by atoms with Crippen LogP contribution in [0, 0.1) is 11.8 Å². The minimum absolute atomic E-state index is 0.113. The molecule has 1 aromatic carbocycles. The Hall–Kier alpha value is -1.59. The fourth-order valence-corrected chi connectivity index (χ4v) is 2.45. The van der Waals surface area contributed by atoms with Crippen molar-refractivity contribution in [2.24, 2.45) is 22.7 Å². The number of hydrogen-bond donors (Lipinski definition) is 2. The maximum absolute atomic E-state index is 5.98. The van der Waals surface area contributed by atoms with E-state index in [-0.39, 0.29) is 5.92 Å². The Labute approximate surface area is 133 Å². The normalized spacial score (nSPS) is 19.0. The molecule has 3 N–H and O–H groups in total. The quantitative estimate of drug-likeness (QED) is 0.481. The van der Waals surface area contributed by atoms with E-state index in [1.54, 1.807) is 0 Å². The van der Waals surface area contributed by atoms with Gasteiger partial charge in [0.25, 0.3) is 0 Å². The first-order valence-electron chi connectivity index (χ1n) is 8.09.